The summed E-state index contributed by atoms with van der Waals surface area (Å²) in [4.78, 5) is 14.0. The average Bonchev–Trinajstić information content (AvgIpc) is 3.20. The second-order valence-electron chi connectivity index (χ2n) is 6.75. The Kier molecular flexibility index (Phi) is 6.31. The van der Waals surface area contributed by atoms with Crippen LogP contribution >= 0.6 is 11.3 Å². The summed E-state index contributed by atoms with van der Waals surface area (Å²) in [6.45, 7) is 5.51. The number of rotatable bonds is 6. The molecule has 2 heterocycles. The maximum atomic E-state index is 12.8. The van der Waals surface area contributed by atoms with E-state index in [1.54, 1.807) is 23.5 Å². The molecule has 6 nitrogen and oxygen atoms in total. The van der Waals surface area contributed by atoms with Gasteiger partial charge in [0, 0.05) is 23.5 Å². The van der Waals surface area contributed by atoms with E-state index < -0.39 is 10.0 Å². The summed E-state index contributed by atoms with van der Waals surface area (Å²) in [7, 11) is -3.63. The number of nitrogens with zero attached hydrogens (tertiary/aromatic N) is 1. The van der Waals surface area contributed by atoms with Gasteiger partial charge in [-0.2, -0.15) is 4.31 Å². The van der Waals surface area contributed by atoms with Crippen molar-refractivity contribution in [2.75, 3.05) is 26.3 Å². The van der Waals surface area contributed by atoms with Gasteiger partial charge in [0.05, 0.1) is 24.2 Å². The van der Waals surface area contributed by atoms with Gasteiger partial charge in [-0.25, -0.2) is 8.42 Å². The zero-order valence-corrected chi connectivity index (χ0v) is 17.1. The minimum atomic E-state index is -3.63. The van der Waals surface area contributed by atoms with E-state index in [1.165, 1.54) is 16.4 Å². The largest absolute Gasteiger partial charge is 0.379 e. The first-order valence-corrected chi connectivity index (χ1v) is 11.2. The normalized spacial score (nSPS) is 17.0. The molecule has 2 aromatic rings. The van der Waals surface area contributed by atoms with Gasteiger partial charge in [0.15, 0.2) is 0 Å². The molecule has 1 amide bonds. The van der Waals surface area contributed by atoms with Crippen LogP contribution in [-0.2, 0) is 14.8 Å². The Morgan fingerprint density at radius 2 is 1.93 bits per heavy atom. The van der Waals surface area contributed by atoms with Crippen LogP contribution < -0.4 is 5.32 Å². The first-order valence-electron chi connectivity index (χ1n) is 8.92. The predicted molar refractivity (Wildman–Crippen MR) is 105 cm³/mol. The number of morpholine rings is 1. The molecule has 1 aliphatic rings. The summed E-state index contributed by atoms with van der Waals surface area (Å²) in [5, 5.41) is 5.01. The van der Waals surface area contributed by atoms with E-state index in [2.05, 4.69) is 5.32 Å². The van der Waals surface area contributed by atoms with Crippen LogP contribution in [0.25, 0.3) is 0 Å². The molecule has 8 heteroatoms. The van der Waals surface area contributed by atoms with E-state index >= 15 is 0 Å². The van der Waals surface area contributed by atoms with Crippen LogP contribution in [0.4, 0.5) is 0 Å². The van der Waals surface area contributed by atoms with E-state index in [0.717, 1.165) is 4.88 Å². The molecule has 1 saturated heterocycles. The van der Waals surface area contributed by atoms with Crippen LogP contribution in [-0.4, -0.2) is 44.9 Å². The second kappa shape index (κ2) is 8.52. The minimum Gasteiger partial charge on any atom is -0.379 e. The van der Waals surface area contributed by atoms with E-state index in [0.29, 0.717) is 31.9 Å². The summed E-state index contributed by atoms with van der Waals surface area (Å²) in [5.41, 5.74) is 0.339. The highest BCUT2D eigenvalue weighted by atomic mass is 32.2. The van der Waals surface area contributed by atoms with Crippen molar-refractivity contribution in [1.82, 2.24) is 9.62 Å². The number of carbonyl (C=O) groups excluding carboxylic acids is 1. The summed E-state index contributed by atoms with van der Waals surface area (Å²) in [6, 6.07) is 10.1. The van der Waals surface area contributed by atoms with Crippen molar-refractivity contribution in [3.63, 3.8) is 0 Å². The number of nitrogens with one attached hydrogen (secondary N) is 1. The van der Waals surface area contributed by atoms with Crippen LogP contribution in [0.1, 0.15) is 35.1 Å². The zero-order chi connectivity index (χ0) is 19.4. The molecule has 1 atom stereocenters. The number of thiophene rings is 1. The fraction of sp³-hybridized carbons (Fsp3) is 0.421. The lowest BCUT2D eigenvalue weighted by atomic mass is 10.0. The highest BCUT2D eigenvalue weighted by Gasteiger charge is 2.27. The number of hydrogen-bond acceptors (Lipinski definition) is 5. The van der Waals surface area contributed by atoms with E-state index in [-0.39, 0.29) is 22.8 Å². The number of hydrogen-bond donors (Lipinski definition) is 1. The molecule has 1 N–H and O–H groups in total. The molecule has 0 spiro atoms. The van der Waals surface area contributed by atoms with E-state index in [1.807, 2.05) is 31.4 Å². The molecule has 1 aromatic carbocycles. The molecule has 0 saturated carbocycles. The quantitative estimate of drug-likeness (QED) is 0.797. The Labute approximate surface area is 164 Å². The maximum Gasteiger partial charge on any atom is 0.251 e. The van der Waals surface area contributed by atoms with Crippen molar-refractivity contribution < 1.29 is 17.9 Å². The number of carbonyl (C=O) groups is 1. The summed E-state index contributed by atoms with van der Waals surface area (Å²) >= 11 is 1.59. The van der Waals surface area contributed by atoms with E-state index in [9.17, 15) is 13.2 Å². The lowest BCUT2D eigenvalue weighted by Crippen LogP contribution is -2.40. The Bertz CT molecular complexity index is 873. The molecule has 3 rings (SSSR count). The second-order valence-corrected chi connectivity index (χ2v) is 9.67. The Balaban J connectivity index is 1.81. The molecule has 1 fully saturated rings. The van der Waals surface area contributed by atoms with Crippen molar-refractivity contribution >= 4 is 27.3 Å². The fourth-order valence-corrected chi connectivity index (χ4v) is 5.40. The highest BCUT2D eigenvalue weighted by Crippen LogP contribution is 2.26. The number of sulfonamides is 1. The lowest BCUT2D eigenvalue weighted by Gasteiger charge is -2.26. The van der Waals surface area contributed by atoms with Crippen molar-refractivity contribution in [2.24, 2.45) is 5.92 Å². The highest BCUT2D eigenvalue weighted by molar-refractivity contribution is 7.89. The third kappa shape index (κ3) is 4.57. The molecule has 0 radical (unpaired) electrons. The molecular formula is C19H24N2O4S2. The predicted octanol–water partition coefficient (Wildman–Crippen LogP) is 2.90. The van der Waals surface area contributed by atoms with Crippen LogP contribution in [0.2, 0.25) is 0 Å². The number of ether oxygens (including phenoxy) is 1. The van der Waals surface area contributed by atoms with Gasteiger partial charge < -0.3 is 10.1 Å². The number of amides is 1. The van der Waals surface area contributed by atoms with Crippen molar-refractivity contribution in [3.8, 4) is 0 Å². The van der Waals surface area contributed by atoms with Gasteiger partial charge in [-0.1, -0.05) is 26.0 Å². The van der Waals surface area contributed by atoms with Crippen molar-refractivity contribution in [1.29, 1.82) is 0 Å². The maximum absolute atomic E-state index is 12.8. The summed E-state index contributed by atoms with van der Waals surface area (Å²) in [5.74, 6) is -0.0611. The first kappa shape index (κ1) is 20.0. The van der Waals surface area contributed by atoms with Crippen molar-refractivity contribution in [2.45, 2.75) is 24.8 Å². The number of benzene rings is 1. The van der Waals surface area contributed by atoms with Gasteiger partial charge in [0.1, 0.15) is 0 Å². The Morgan fingerprint density at radius 3 is 2.56 bits per heavy atom. The molecule has 0 bridgehead atoms. The van der Waals surface area contributed by atoms with E-state index in [4.69, 9.17) is 4.74 Å². The molecule has 0 aliphatic carbocycles. The monoisotopic (exact) mass is 408 g/mol. The van der Waals surface area contributed by atoms with Gasteiger partial charge in [-0.3, -0.25) is 4.79 Å². The topological polar surface area (TPSA) is 75.7 Å². The van der Waals surface area contributed by atoms with Gasteiger partial charge in [-0.15, -0.1) is 11.3 Å². The molecule has 1 aromatic heterocycles. The third-order valence-electron chi connectivity index (χ3n) is 4.51. The van der Waals surface area contributed by atoms with Crippen LogP contribution in [0.3, 0.4) is 0 Å². The minimum absolute atomic E-state index is 0.114. The summed E-state index contributed by atoms with van der Waals surface area (Å²) in [6.07, 6.45) is 0. The van der Waals surface area contributed by atoms with Crippen molar-refractivity contribution in [3.05, 3.63) is 52.2 Å². The SMILES string of the molecule is CC(C)[C@@H](NC(=O)c1cccc(S(=O)(=O)N2CCOCC2)c1)c1cccs1. The van der Waals surface area contributed by atoms with Gasteiger partial charge in [-0.05, 0) is 35.6 Å². The fourth-order valence-electron chi connectivity index (χ4n) is 2.99. The molecular weight excluding hydrogens is 384 g/mol. The first-order chi connectivity index (χ1) is 12.9. The van der Waals surface area contributed by atoms with Crippen LogP contribution in [0.5, 0.6) is 0 Å². The molecule has 27 heavy (non-hydrogen) atoms. The lowest BCUT2D eigenvalue weighted by molar-refractivity contribution is 0.0730. The molecule has 1 aliphatic heterocycles. The van der Waals surface area contributed by atoms with Gasteiger partial charge in [0.2, 0.25) is 10.0 Å². The average molecular weight is 409 g/mol. The molecule has 146 valence electrons. The van der Waals surface area contributed by atoms with Crippen LogP contribution in [0, 0.1) is 5.92 Å². The standard InChI is InChI=1S/C19H24N2O4S2/c1-14(2)18(17-7-4-12-26-17)20-19(22)15-5-3-6-16(13-15)27(23,24)21-8-10-25-11-9-21/h3-7,12-14,18H,8-11H2,1-2H3,(H,20,22)/t18-/m1/s1. The van der Waals surface area contributed by atoms with Crippen LogP contribution in [0.15, 0.2) is 46.7 Å². The summed E-state index contributed by atoms with van der Waals surface area (Å²) < 4.78 is 32.3. The Morgan fingerprint density at radius 1 is 1.19 bits per heavy atom. The van der Waals surface area contributed by atoms with Gasteiger partial charge in [0.25, 0.3) is 5.91 Å². The molecule has 0 unspecified atom stereocenters. The Hall–Kier alpha value is -1.74. The third-order valence-corrected chi connectivity index (χ3v) is 7.36. The van der Waals surface area contributed by atoms with Gasteiger partial charge >= 0.3 is 0 Å². The zero-order valence-electron chi connectivity index (χ0n) is 15.4. The smallest absolute Gasteiger partial charge is 0.251 e.